The lowest BCUT2D eigenvalue weighted by Gasteiger charge is -1.90. The molecule has 2 rings (SSSR count). The van der Waals surface area contributed by atoms with Crippen molar-refractivity contribution in [2.24, 2.45) is 0 Å². The van der Waals surface area contributed by atoms with Crippen molar-refractivity contribution >= 4 is 23.6 Å². The average Bonchev–Trinajstić information content (AvgIpc) is 2.40. The number of aryl methyl sites for hydroxylation is 1. The molecule has 1 nitrogen and oxygen atoms in total. The van der Waals surface area contributed by atoms with Crippen molar-refractivity contribution in [3.05, 3.63) is 35.6 Å². The Morgan fingerprint density at radius 2 is 2.08 bits per heavy atom. The number of fused-ring (bicyclic) bond motifs is 1. The number of thiol groups is 1. The zero-order valence-electron chi connectivity index (χ0n) is 6.87. The molecule has 1 heterocycles. The SMILES string of the molecule is Cc1oc2ccccc2c1CS. The molecule has 0 radical (unpaired) electrons. The number of para-hydroxylation sites is 1. The molecule has 0 bridgehead atoms. The van der Waals surface area contributed by atoms with E-state index >= 15 is 0 Å². The van der Waals surface area contributed by atoms with E-state index in [1.165, 1.54) is 10.9 Å². The summed E-state index contributed by atoms with van der Waals surface area (Å²) in [7, 11) is 0. The number of furan rings is 1. The Morgan fingerprint density at radius 1 is 1.33 bits per heavy atom. The van der Waals surface area contributed by atoms with Gasteiger partial charge in [0.1, 0.15) is 11.3 Å². The molecule has 0 unspecified atom stereocenters. The molecule has 0 spiro atoms. The first-order valence-corrected chi connectivity index (χ1v) is 4.54. The third-order valence-corrected chi connectivity index (χ3v) is 2.37. The lowest BCUT2D eigenvalue weighted by atomic mass is 10.1. The van der Waals surface area contributed by atoms with E-state index in [2.05, 4.69) is 18.7 Å². The van der Waals surface area contributed by atoms with Gasteiger partial charge in [-0.3, -0.25) is 0 Å². The first kappa shape index (κ1) is 7.74. The molecular formula is C10H10OS. The van der Waals surface area contributed by atoms with E-state index in [-0.39, 0.29) is 0 Å². The first-order chi connectivity index (χ1) is 5.83. The topological polar surface area (TPSA) is 13.1 Å². The molecule has 0 aliphatic heterocycles. The highest BCUT2D eigenvalue weighted by Crippen LogP contribution is 2.25. The lowest BCUT2D eigenvalue weighted by Crippen LogP contribution is -1.76. The molecule has 0 aliphatic rings. The molecule has 2 aromatic rings. The summed E-state index contributed by atoms with van der Waals surface area (Å²) >= 11 is 4.26. The smallest absolute Gasteiger partial charge is 0.134 e. The quantitative estimate of drug-likeness (QED) is 0.662. The first-order valence-electron chi connectivity index (χ1n) is 3.91. The zero-order valence-corrected chi connectivity index (χ0v) is 7.77. The zero-order chi connectivity index (χ0) is 8.55. The Hall–Kier alpha value is -0.890. The van der Waals surface area contributed by atoms with Crippen LogP contribution in [0, 0.1) is 6.92 Å². The Kier molecular flexibility index (Phi) is 1.85. The summed E-state index contributed by atoms with van der Waals surface area (Å²) in [6.45, 7) is 1.98. The van der Waals surface area contributed by atoms with Gasteiger partial charge in [0.2, 0.25) is 0 Å². The Labute approximate surface area is 76.8 Å². The molecular weight excluding hydrogens is 168 g/mol. The van der Waals surface area contributed by atoms with Crippen molar-refractivity contribution in [3.8, 4) is 0 Å². The van der Waals surface area contributed by atoms with Crippen molar-refractivity contribution in [3.63, 3.8) is 0 Å². The minimum atomic E-state index is 0.739. The summed E-state index contributed by atoms with van der Waals surface area (Å²) in [6.07, 6.45) is 0. The monoisotopic (exact) mass is 178 g/mol. The van der Waals surface area contributed by atoms with E-state index in [9.17, 15) is 0 Å². The highest BCUT2D eigenvalue weighted by molar-refractivity contribution is 7.79. The van der Waals surface area contributed by atoms with Crippen LogP contribution in [0.2, 0.25) is 0 Å². The Morgan fingerprint density at radius 3 is 2.83 bits per heavy atom. The molecule has 0 saturated heterocycles. The maximum absolute atomic E-state index is 5.54. The average molecular weight is 178 g/mol. The summed E-state index contributed by atoms with van der Waals surface area (Å²) in [5.74, 6) is 1.72. The van der Waals surface area contributed by atoms with Crippen LogP contribution in [0.4, 0.5) is 0 Å². The van der Waals surface area contributed by atoms with Crippen molar-refractivity contribution in [2.75, 3.05) is 0 Å². The van der Waals surface area contributed by atoms with Crippen LogP contribution in [0.1, 0.15) is 11.3 Å². The number of hydrogen-bond donors (Lipinski definition) is 1. The van der Waals surface area contributed by atoms with E-state index in [4.69, 9.17) is 4.42 Å². The molecule has 0 saturated carbocycles. The predicted molar refractivity (Wildman–Crippen MR) is 53.6 cm³/mol. The second-order valence-electron chi connectivity index (χ2n) is 2.79. The number of rotatable bonds is 1. The Bertz CT molecular complexity index is 403. The second-order valence-corrected chi connectivity index (χ2v) is 3.11. The van der Waals surface area contributed by atoms with Crippen LogP contribution in [-0.2, 0) is 5.75 Å². The largest absolute Gasteiger partial charge is 0.461 e. The summed E-state index contributed by atoms with van der Waals surface area (Å²) in [5.41, 5.74) is 2.16. The van der Waals surface area contributed by atoms with E-state index in [0.29, 0.717) is 0 Å². The molecule has 62 valence electrons. The van der Waals surface area contributed by atoms with Gasteiger partial charge in [0.15, 0.2) is 0 Å². The van der Waals surface area contributed by atoms with Gasteiger partial charge in [-0.15, -0.1) is 0 Å². The van der Waals surface area contributed by atoms with Crippen molar-refractivity contribution in [2.45, 2.75) is 12.7 Å². The van der Waals surface area contributed by atoms with E-state index in [0.717, 1.165) is 17.1 Å². The van der Waals surface area contributed by atoms with Crippen molar-refractivity contribution in [1.82, 2.24) is 0 Å². The lowest BCUT2D eigenvalue weighted by molar-refractivity contribution is 0.574. The minimum absolute atomic E-state index is 0.739. The molecule has 12 heavy (non-hydrogen) atoms. The molecule has 1 aromatic heterocycles. The Balaban J connectivity index is 2.81. The van der Waals surface area contributed by atoms with Gasteiger partial charge in [-0.25, -0.2) is 0 Å². The fourth-order valence-electron chi connectivity index (χ4n) is 1.42. The fourth-order valence-corrected chi connectivity index (χ4v) is 1.81. The third-order valence-electron chi connectivity index (χ3n) is 2.06. The molecule has 0 fully saturated rings. The number of hydrogen-bond acceptors (Lipinski definition) is 2. The van der Waals surface area contributed by atoms with Crippen LogP contribution in [0.25, 0.3) is 11.0 Å². The standard InChI is InChI=1S/C10H10OS/c1-7-9(6-12)8-4-2-3-5-10(8)11-7/h2-5,12H,6H2,1H3. The summed E-state index contributed by atoms with van der Waals surface area (Å²) in [4.78, 5) is 0. The van der Waals surface area contributed by atoms with Gasteiger partial charge < -0.3 is 4.42 Å². The third kappa shape index (κ3) is 1.03. The van der Waals surface area contributed by atoms with Gasteiger partial charge in [0.05, 0.1) is 0 Å². The fraction of sp³-hybridized carbons (Fsp3) is 0.200. The van der Waals surface area contributed by atoms with Gasteiger partial charge >= 0.3 is 0 Å². The van der Waals surface area contributed by atoms with Crippen LogP contribution in [0.3, 0.4) is 0 Å². The normalized spacial score (nSPS) is 10.8. The van der Waals surface area contributed by atoms with Gasteiger partial charge in [0.25, 0.3) is 0 Å². The number of benzene rings is 1. The van der Waals surface area contributed by atoms with Gasteiger partial charge in [-0.1, -0.05) is 18.2 Å². The maximum Gasteiger partial charge on any atom is 0.134 e. The molecule has 1 aromatic carbocycles. The van der Waals surface area contributed by atoms with Gasteiger partial charge in [0, 0.05) is 16.7 Å². The second kappa shape index (κ2) is 2.87. The van der Waals surface area contributed by atoms with Crippen LogP contribution < -0.4 is 0 Å². The molecule has 0 aliphatic carbocycles. The molecule has 0 atom stereocenters. The predicted octanol–water partition coefficient (Wildman–Crippen LogP) is 3.17. The maximum atomic E-state index is 5.54. The summed E-state index contributed by atoms with van der Waals surface area (Å²) in [5, 5.41) is 1.19. The molecule has 0 N–H and O–H groups in total. The molecule has 2 heteroatoms. The highest BCUT2D eigenvalue weighted by Gasteiger charge is 2.07. The highest BCUT2D eigenvalue weighted by atomic mass is 32.1. The van der Waals surface area contributed by atoms with Crippen LogP contribution >= 0.6 is 12.6 Å². The van der Waals surface area contributed by atoms with Crippen LogP contribution in [-0.4, -0.2) is 0 Å². The van der Waals surface area contributed by atoms with Crippen LogP contribution in [0.5, 0.6) is 0 Å². The van der Waals surface area contributed by atoms with Crippen molar-refractivity contribution in [1.29, 1.82) is 0 Å². The van der Waals surface area contributed by atoms with Gasteiger partial charge in [-0.05, 0) is 13.0 Å². The minimum Gasteiger partial charge on any atom is -0.461 e. The van der Waals surface area contributed by atoms with Crippen LogP contribution in [0.15, 0.2) is 28.7 Å². The van der Waals surface area contributed by atoms with Gasteiger partial charge in [-0.2, -0.15) is 12.6 Å². The van der Waals surface area contributed by atoms with E-state index in [1.54, 1.807) is 0 Å². The van der Waals surface area contributed by atoms with Crippen molar-refractivity contribution < 1.29 is 4.42 Å². The van der Waals surface area contributed by atoms with E-state index < -0.39 is 0 Å². The summed E-state index contributed by atoms with van der Waals surface area (Å²) in [6, 6.07) is 8.05. The molecule has 0 amide bonds. The summed E-state index contributed by atoms with van der Waals surface area (Å²) < 4.78 is 5.54. The van der Waals surface area contributed by atoms with E-state index in [1.807, 2.05) is 25.1 Å².